The van der Waals surface area contributed by atoms with E-state index in [0.29, 0.717) is 6.04 Å². The Morgan fingerprint density at radius 1 is 1.32 bits per heavy atom. The van der Waals surface area contributed by atoms with Crippen LogP contribution in [0.3, 0.4) is 0 Å². The summed E-state index contributed by atoms with van der Waals surface area (Å²) >= 11 is 0. The number of piperazine rings is 1. The number of nitrogens with one attached hydrogen (secondary N) is 1. The van der Waals surface area contributed by atoms with Gasteiger partial charge in [0.05, 0.1) is 6.54 Å². The van der Waals surface area contributed by atoms with Crippen LogP contribution in [-0.2, 0) is 6.54 Å². The van der Waals surface area contributed by atoms with Crippen LogP contribution in [0.25, 0.3) is 0 Å². The summed E-state index contributed by atoms with van der Waals surface area (Å²) in [6, 6.07) is 0.651. The Morgan fingerprint density at radius 2 is 2.16 bits per heavy atom. The van der Waals surface area contributed by atoms with Gasteiger partial charge in [0.15, 0.2) is 5.82 Å². The van der Waals surface area contributed by atoms with E-state index in [9.17, 15) is 0 Å². The van der Waals surface area contributed by atoms with E-state index in [4.69, 9.17) is 4.52 Å². The molecule has 0 aromatic carbocycles. The second kappa shape index (κ2) is 6.01. The molecule has 0 radical (unpaired) electrons. The highest BCUT2D eigenvalue weighted by Gasteiger charge is 2.28. The molecule has 1 saturated heterocycles. The fourth-order valence-electron chi connectivity index (χ4n) is 3.43. The summed E-state index contributed by atoms with van der Waals surface area (Å²) in [6.45, 7) is 5.94. The van der Waals surface area contributed by atoms with Crippen LogP contribution in [0.5, 0.6) is 0 Å². The molecule has 1 aromatic rings. The number of aryl methyl sites for hydroxylation is 1. The number of rotatable bonds is 3. The van der Waals surface area contributed by atoms with Crippen LogP contribution >= 0.6 is 0 Å². The van der Waals surface area contributed by atoms with Crippen molar-refractivity contribution < 1.29 is 4.52 Å². The smallest absolute Gasteiger partial charge is 0.240 e. The van der Waals surface area contributed by atoms with Crippen LogP contribution in [0.1, 0.15) is 43.8 Å². The third kappa shape index (κ3) is 3.34. The molecule has 0 amide bonds. The van der Waals surface area contributed by atoms with Crippen LogP contribution in [-0.4, -0.2) is 40.7 Å². The number of hydrogen-bond donors (Lipinski definition) is 1. The molecular weight excluding hydrogens is 240 g/mol. The zero-order valence-electron chi connectivity index (χ0n) is 11.8. The lowest BCUT2D eigenvalue weighted by Gasteiger charge is -2.38. The largest absolute Gasteiger partial charge is 0.338 e. The summed E-state index contributed by atoms with van der Waals surface area (Å²) in [5, 5.41) is 7.56. The van der Waals surface area contributed by atoms with Gasteiger partial charge in [-0.25, -0.2) is 0 Å². The minimum atomic E-state index is 0.651. The topological polar surface area (TPSA) is 54.2 Å². The van der Waals surface area contributed by atoms with E-state index >= 15 is 0 Å². The van der Waals surface area contributed by atoms with Crippen molar-refractivity contribution in [1.29, 1.82) is 0 Å². The van der Waals surface area contributed by atoms with Gasteiger partial charge in [0.1, 0.15) is 0 Å². The van der Waals surface area contributed by atoms with Gasteiger partial charge in [0.25, 0.3) is 0 Å². The SMILES string of the molecule is Cc1noc(CN2CCNC(C3CCCCC3)C2)n1. The normalized spacial score (nSPS) is 26.7. The maximum Gasteiger partial charge on any atom is 0.240 e. The van der Waals surface area contributed by atoms with Gasteiger partial charge < -0.3 is 9.84 Å². The molecular formula is C14H24N4O. The first-order valence-corrected chi connectivity index (χ1v) is 7.56. The first kappa shape index (κ1) is 13.1. The maximum absolute atomic E-state index is 5.22. The van der Waals surface area contributed by atoms with Crippen LogP contribution < -0.4 is 5.32 Å². The highest BCUT2D eigenvalue weighted by molar-refractivity contribution is 4.89. The number of hydrogen-bond acceptors (Lipinski definition) is 5. The molecule has 3 rings (SSSR count). The van der Waals surface area contributed by atoms with Crippen molar-refractivity contribution in [3.8, 4) is 0 Å². The molecule has 2 heterocycles. The second-order valence-corrected chi connectivity index (χ2v) is 5.93. The fourth-order valence-corrected chi connectivity index (χ4v) is 3.43. The Balaban J connectivity index is 1.55. The molecule has 2 fully saturated rings. The average Bonchev–Trinajstić information content (AvgIpc) is 2.85. The third-order valence-corrected chi connectivity index (χ3v) is 4.44. The first-order valence-electron chi connectivity index (χ1n) is 7.56. The van der Waals surface area contributed by atoms with Crippen LogP contribution in [0.2, 0.25) is 0 Å². The minimum absolute atomic E-state index is 0.651. The van der Waals surface area contributed by atoms with Crippen molar-refractivity contribution in [1.82, 2.24) is 20.4 Å². The van der Waals surface area contributed by atoms with Gasteiger partial charge in [-0.15, -0.1) is 0 Å². The zero-order chi connectivity index (χ0) is 13.1. The summed E-state index contributed by atoms with van der Waals surface area (Å²) in [5.41, 5.74) is 0. The van der Waals surface area contributed by atoms with Crippen molar-refractivity contribution in [3.63, 3.8) is 0 Å². The third-order valence-electron chi connectivity index (χ3n) is 4.44. The van der Waals surface area contributed by atoms with Crippen molar-refractivity contribution >= 4 is 0 Å². The van der Waals surface area contributed by atoms with Crippen LogP contribution in [0, 0.1) is 12.8 Å². The fraction of sp³-hybridized carbons (Fsp3) is 0.857. The molecule has 0 bridgehead atoms. The number of aromatic nitrogens is 2. The van der Waals surface area contributed by atoms with Crippen molar-refractivity contribution in [3.05, 3.63) is 11.7 Å². The molecule has 19 heavy (non-hydrogen) atoms. The van der Waals surface area contributed by atoms with Gasteiger partial charge in [-0.05, 0) is 25.7 Å². The highest BCUT2D eigenvalue weighted by Crippen LogP contribution is 2.27. The Bertz CT molecular complexity index is 400. The summed E-state index contributed by atoms with van der Waals surface area (Å²) in [5.74, 6) is 2.34. The second-order valence-electron chi connectivity index (χ2n) is 5.93. The predicted octanol–water partition coefficient (Wildman–Crippen LogP) is 1.73. The lowest BCUT2D eigenvalue weighted by molar-refractivity contribution is 0.129. The molecule has 1 aliphatic carbocycles. The van der Waals surface area contributed by atoms with Gasteiger partial charge in [-0.2, -0.15) is 4.98 Å². The van der Waals surface area contributed by atoms with Gasteiger partial charge in [-0.1, -0.05) is 24.4 Å². The molecule has 5 heteroatoms. The van der Waals surface area contributed by atoms with E-state index in [1.807, 2.05) is 6.92 Å². The van der Waals surface area contributed by atoms with Crippen molar-refractivity contribution in [2.45, 2.75) is 51.6 Å². The Kier molecular flexibility index (Phi) is 4.13. The van der Waals surface area contributed by atoms with E-state index in [2.05, 4.69) is 20.4 Å². The van der Waals surface area contributed by atoms with Gasteiger partial charge in [0.2, 0.25) is 5.89 Å². The predicted molar refractivity (Wildman–Crippen MR) is 72.7 cm³/mol. The maximum atomic E-state index is 5.22. The van der Waals surface area contributed by atoms with E-state index in [1.54, 1.807) is 0 Å². The molecule has 106 valence electrons. The average molecular weight is 264 g/mol. The monoisotopic (exact) mass is 264 g/mol. The Hall–Kier alpha value is -0.940. The Morgan fingerprint density at radius 3 is 2.89 bits per heavy atom. The molecule has 2 aliphatic rings. The van der Waals surface area contributed by atoms with Gasteiger partial charge in [0, 0.05) is 25.7 Å². The molecule has 0 spiro atoms. The summed E-state index contributed by atoms with van der Waals surface area (Å²) in [7, 11) is 0. The van der Waals surface area contributed by atoms with E-state index in [1.165, 1.54) is 32.1 Å². The number of nitrogens with zero attached hydrogens (tertiary/aromatic N) is 3. The lowest BCUT2D eigenvalue weighted by atomic mass is 9.83. The molecule has 1 aliphatic heterocycles. The first-order chi connectivity index (χ1) is 9.31. The van der Waals surface area contributed by atoms with Gasteiger partial charge in [-0.3, -0.25) is 4.90 Å². The van der Waals surface area contributed by atoms with E-state index in [-0.39, 0.29) is 0 Å². The van der Waals surface area contributed by atoms with Crippen molar-refractivity contribution in [2.24, 2.45) is 5.92 Å². The standard InChI is InChI=1S/C14H24N4O/c1-11-16-14(19-17-11)10-18-8-7-15-13(9-18)12-5-3-2-4-6-12/h12-13,15H,2-10H2,1H3. The molecule has 1 N–H and O–H groups in total. The lowest BCUT2D eigenvalue weighted by Crippen LogP contribution is -2.53. The molecule has 1 aromatic heterocycles. The van der Waals surface area contributed by atoms with E-state index < -0.39 is 0 Å². The Labute approximate surface area is 114 Å². The van der Waals surface area contributed by atoms with Gasteiger partial charge >= 0.3 is 0 Å². The summed E-state index contributed by atoms with van der Waals surface area (Å²) in [4.78, 5) is 6.75. The molecule has 1 saturated carbocycles. The van der Waals surface area contributed by atoms with Crippen LogP contribution in [0.4, 0.5) is 0 Å². The highest BCUT2D eigenvalue weighted by atomic mass is 16.5. The molecule has 1 atom stereocenters. The summed E-state index contributed by atoms with van der Waals surface area (Å²) < 4.78 is 5.22. The summed E-state index contributed by atoms with van der Waals surface area (Å²) in [6.07, 6.45) is 7.03. The van der Waals surface area contributed by atoms with Crippen LogP contribution in [0.15, 0.2) is 4.52 Å². The van der Waals surface area contributed by atoms with E-state index in [0.717, 1.165) is 43.8 Å². The molecule has 1 unspecified atom stereocenters. The van der Waals surface area contributed by atoms with Crippen molar-refractivity contribution in [2.75, 3.05) is 19.6 Å². The molecule has 5 nitrogen and oxygen atoms in total. The minimum Gasteiger partial charge on any atom is -0.338 e. The quantitative estimate of drug-likeness (QED) is 0.901. The zero-order valence-corrected chi connectivity index (χ0v) is 11.8.